The summed E-state index contributed by atoms with van der Waals surface area (Å²) in [5.74, 6) is 1.01. The van der Waals surface area contributed by atoms with Gasteiger partial charge in [-0.2, -0.15) is 0 Å². The van der Waals surface area contributed by atoms with E-state index >= 15 is 0 Å². The first-order valence-electron chi connectivity index (χ1n) is 4.91. The fraction of sp³-hybridized carbons (Fsp3) is 1.00. The SMILES string of the molecule is CCCCCC(CC)CCI. The molecule has 0 amide bonds. The van der Waals surface area contributed by atoms with Crippen LogP contribution in [0.3, 0.4) is 0 Å². The summed E-state index contributed by atoms with van der Waals surface area (Å²) in [5.41, 5.74) is 0. The average molecular weight is 268 g/mol. The Balaban J connectivity index is 3.20. The summed E-state index contributed by atoms with van der Waals surface area (Å²) >= 11 is 2.49. The third-order valence-corrected chi connectivity index (χ3v) is 2.93. The Kier molecular flexibility index (Phi) is 9.41. The maximum atomic E-state index is 2.49. The molecule has 0 saturated carbocycles. The predicted molar refractivity (Wildman–Crippen MR) is 61.4 cm³/mol. The van der Waals surface area contributed by atoms with Crippen molar-refractivity contribution in [2.75, 3.05) is 4.43 Å². The van der Waals surface area contributed by atoms with Crippen LogP contribution in [0.2, 0.25) is 0 Å². The van der Waals surface area contributed by atoms with Crippen LogP contribution in [0, 0.1) is 5.92 Å². The van der Waals surface area contributed by atoms with Crippen molar-refractivity contribution in [3.05, 3.63) is 0 Å². The van der Waals surface area contributed by atoms with Crippen LogP contribution in [0.15, 0.2) is 0 Å². The molecule has 0 rings (SSSR count). The van der Waals surface area contributed by atoms with Gasteiger partial charge in [0.2, 0.25) is 0 Å². The summed E-state index contributed by atoms with van der Waals surface area (Å²) < 4.78 is 1.34. The zero-order valence-corrected chi connectivity index (χ0v) is 10.1. The van der Waals surface area contributed by atoms with Gasteiger partial charge in [-0.05, 0) is 16.8 Å². The Bertz CT molecular complexity index is 71.3. The highest BCUT2D eigenvalue weighted by atomic mass is 127. The van der Waals surface area contributed by atoms with Crippen molar-refractivity contribution in [3.8, 4) is 0 Å². The number of hydrogen-bond donors (Lipinski definition) is 0. The fourth-order valence-electron chi connectivity index (χ4n) is 1.39. The van der Waals surface area contributed by atoms with Crippen molar-refractivity contribution in [2.24, 2.45) is 5.92 Å². The molecule has 0 radical (unpaired) electrons. The van der Waals surface area contributed by atoms with E-state index in [1.807, 2.05) is 0 Å². The molecule has 0 aliphatic carbocycles. The second-order valence-electron chi connectivity index (χ2n) is 3.25. The number of halogens is 1. The van der Waals surface area contributed by atoms with Crippen LogP contribution < -0.4 is 0 Å². The maximum absolute atomic E-state index is 2.49. The number of hydrogen-bond acceptors (Lipinski definition) is 0. The molecular weight excluding hydrogens is 247 g/mol. The highest BCUT2D eigenvalue weighted by Gasteiger charge is 2.03. The van der Waals surface area contributed by atoms with Gasteiger partial charge in [-0.25, -0.2) is 0 Å². The lowest BCUT2D eigenvalue weighted by Gasteiger charge is -2.11. The molecule has 0 bridgehead atoms. The third kappa shape index (κ3) is 7.10. The molecule has 0 aromatic heterocycles. The first kappa shape index (κ1) is 11.7. The summed E-state index contributed by atoms with van der Waals surface area (Å²) in [6, 6.07) is 0. The largest absolute Gasteiger partial charge is 0.0864 e. The summed E-state index contributed by atoms with van der Waals surface area (Å²) in [4.78, 5) is 0. The van der Waals surface area contributed by atoms with E-state index in [4.69, 9.17) is 0 Å². The Labute approximate surface area is 85.3 Å². The molecule has 0 nitrogen and oxygen atoms in total. The Morgan fingerprint density at radius 2 is 1.82 bits per heavy atom. The van der Waals surface area contributed by atoms with E-state index in [0.717, 1.165) is 5.92 Å². The molecule has 0 aliphatic rings. The zero-order chi connectivity index (χ0) is 8.53. The molecule has 68 valence electrons. The Morgan fingerprint density at radius 1 is 1.09 bits per heavy atom. The van der Waals surface area contributed by atoms with Gasteiger partial charge in [-0.15, -0.1) is 0 Å². The molecule has 0 N–H and O–H groups in total. The molecule has 11 heavy (non-hydrogen) atoms. The second kappa shape index (κ2) is 8.82. The van der Waals surface area contributed by atoms with E-state index in [-0.39, 0.29) is 0 Å². The van der Waals surface area contributed by atoms with Crippen molar-refractivity contribution in [3.63, 3.8) is 0 Å². The standard InChI is InChI=1S/C10H21I/c1-3-5-6-7-10(4-2)8-9-11/h10H,3-9H2,1-2H3. The molecule has 0 spiro atoms. The monoisotopic (exact) mass is 268 g/mol. The maximum Gasteiger partial charge on any atom is -0.000209 e. The molecule has 0 heterocycles. The summed E-state index contributed by atoms with van der Waals surface area (Å²) in [6.07, 6.45) is 8.52. The van der Waals surface area contributed by atoms with Gasteiger partial charge in [-0.3, -0.25) is 0 Å². The third-order valence-electron chi connectivity index (χ3n) is 2.31. The van der Waals surface area contributed by atoms with Crippen molar-refractivity contribution in [1.82, 2.24) is 0 Å². The molecule has 0 aromatic rings. The highest BCUT2D eigenvalue weighted by Crippen LogP contribution is 2.17. The molecule has 0 fully saturated rings. The van der Waals surface area contributed by atoms with Crippen LogP contribution in [-0.4, -0.2) is 4.43 Å². The summed E-state index contributed by atoms with van der Waals surface area (Å²) in [6.45, 7) is 4.60. The molecular formula is C10H21I. The second-order valence-corrected chi connectivity index (χ2v) is 4.33. The first-order valence-corrected chi connectivity index (χ1v) is 6.43. The van der Waals surface area contributed by atoms with E-state index in [9.17, 15) is 0 Å². The number of alkyl halides is 1. The zero-order valence-electron chi connectivity index (χ0n) is 7.91. The average Bonchev–Trinajstić information content (AvgIpc) is 2.03. The van der Waals surface area contributed by atoms with E-state index in [1.165, 1.54) is 43.0 Å². The van der Waals surface area contributed by atoms with E-state index in [1.54, 1.807) is 0 Å². The minimum absolute atomic E-state index is 1.01. The van der Waals surface area contributed by atoms with Crippen LogP contribution in [0.1, 0.15) is 52.4 Å². The highest BCUT2D eigenvalue weighted by molar-refractivity contribution is 14.1. The van der Waals surface area contributed by atoms with Gasteiger partial charge >= 0.3 is 0 Å². The van der Waals surface area contributed by atoms with Crippen LogP contribution in [0.5, 0.6) is 0 Å². The van der Waals surface area contributed by atoms with Gasteiger partial charge < -0.3 is 0 Å². The number of unbranched alkanes of at least 4 members (excludes halogenated alkanes) is 2. The fourth-order valence-corrected chi connectivity index (χ4v) is 2.27. The molecule has 0 saturated heterocycles. The van der Waals surface area contributed by atoms with Crippen LogP contribution in [0.25, 0.3) is 0 Å². The Morgan fingerprint density at radius 3 is 2.27 bits per heavy atom. The smallest absolute Gasteiger partial charge is 0.000209 e. The lowest BCUT2D eigenvalue weighted by Crippen LogP contribution is -1.99. The van der Waals surface area contributed by atoms with Gasteiger partial charge in [0.15, 0.2) is 0 Å². The lowest BCUT2D eigenvalue weighted by molar-refractivity contribution is 0.437. The van der Waals surface area contributed by atoms with Crippen molar-refractivity contribution in [2.45, 2.75) is 52.4 Å². The van der Waals surface area contributed by atoms with Gasteiger partial charge in [0.25, 0.3) is 0 Å². The van der Waals surface area contributed by atoms with Gasteiger partial charge in [0.1, 0.15) is 0 Å². The summed E-state index contributed by atoms with van der Waals surface area (Å²) in [5, 5.41) is 0. The number of rotatable bonds is 7. The normalized spacial score (nSPS) is 13.4. The molecule has 1 atom stereocenters. The molecule has 0 aliphatic heterocycles. The molecule has 1 unspecified atom stereocenters. The quantitative estimate of drug-likeness (QED) is 0.364. The van der Waals surface area contributed by atoms with E-state index in [0.29, 0.717) is 0 Å². The molecule has 0 aromatic carbocycles. The molecule has 1 heteroatoms. The van der Waals surface area contributed by atoms with Crippen LogP contribution in [0.4, 0.5) is 0 Å². The van der Waals surface area contributed by atoms with Gasteiger partial charge in [-0.1, -0.05) is 68.5 Å². The van der Waals surface area contributed by atoms with E-state index < -0.39 is 0 Å². The Hall–Kier alpha value is 0.730. The summed E-state index contributed by atoms with van der Waals surface area (Å²) in [7, 11) is 0. The minimum atomic E-state index is 1.01. The van der Waals surface area contributed by atoms with Crippen molar-refractivity contribution >= 4 is 22.6 Å². The topological polar surface area (TPSA) is 0 Å². The van der Waals surface area contributed by atoms with Crippen LogP contribution in [-0.2, 0) is 0 Å². The van der Waals surface area contributed by atoms with Crippen molar-refractivity contribution < 1.29 is 0 Å². The predicted octanol–water partition coefficient (Wildman–Crippen LogP) is 4.42. The van der Waals surface area contributed by atoms with Gasteiger partial charge in [0.05, 0.1) is 0 Å². The lowest BCUT2D eigenvalue weighted by atomic mass is 9.96. The van der Waals surface area contributed by atoms with Gasteiger partial charge in [0, 0.05) is 0 Å². The first-order chi connectivity index (χ1) is 5.35. The van der Waals surface area contributed by atoms with E-state index in [2.05, 4.69) is 36.4 Å². The minimum Gasteiger partial charge on any atom is -0.0864 e. The van der Waals surface area contributed by atoms with Crippen molar-refractivity contribution in [1.29, 1.82) is 0 Å². The van der Waals surface area contributed by atoms with Crippen LogP contribution >= 0.6 is 22.6 Å².